The summed E-state index contributed by atoms with van der Waals surface area (Å²) in [6, 6.07) is 20.6. The lowest BCUT2D eigenvalue weighted by Crippen LogP contribution is -2.31. The molecule has 4 aromatic rings. The zero-order valence-corrected chi connectivity index (χ0v) is 19.4. The summed E-state index contributed by atoms with van der Waals surface area (Å²) in [5.74, 6) is -2.18. The molecule has 1 atom stereocenters. The molecule has 3 N–H and O–H groups in total. The largest absolute Gasteiger partial charge is 0.508 e. The van der Waals surface area contributed by atoms with Gasteiger partial charge in [0.25, 0.3) is 5.91 Å². The van der Waals surface area contributed by atoms with E-state index in [2.05, 4.69) is 4.98 Å². The number of hydrogen-bond acceptors (Lipinski definition) is 7. The normalized spacial score (nSPS) is 15.6. The summed E-state index contributed by atoms with van der Waals surface area (Å²) in [5.41, 5.74) is 1.85. The summed E-state index contributed by atoms with van der Waals surface area (Å²) in [5, 5.41) is 31.8. The van der Waals surface area contributed by atoms with E-state index in [-0.39, 0.29) is 22.8 Å². The van der Waals surface area contributed by atoms with E-state index in [1.54, 1.807) is 31.2 Å². The summed E-state index contributed by atoms with van der Waals surface area (Å²) in [6.45, 7) is 1.71. The molecule has 1 unspecified atom stereocenters. The third-order valence-corrected chi connectivity index (χ3v) is 7.03. The van der Waals surface area contributed by atoms with Crippen molar-refractivity contribution in [1.29, 1.82) is 0 Å². The molecule has 35 heavy (non-hydrogen) atoms. The first-order valence-electron chi connectivity index (χ1n) is 10.8. The second-order valence-corrected chi connectivity index (χ2v) is 9.05. The van der Waals surface area contributed by atoms with Crippen molar-refractivity contribution >= 4 is 28.7 Å². The lowest BCUT2D eigenvalue weighted by molar-refractivity contribution is -0.117. The Morgan fingerprint density at radius 3 is 2.26 bits per heavy atom. The molecule has 5 rings (SSSR count). The number of para-hydroxylation sites is 2. The van der Waals surface area contributed by atoms with E-state index in [4.69, 9.17) is 0 Å². The number of rotatable bonds is 5. The van der Waals surface area contributed by atoms with Crippen LogP contribution in [0, 0.1) is 6.92 Å². The molecule has 1 aromatic heterocycles. The predicted molar refractivity (Wildman–Crippen MR) is 133 cm³/mol. The van der Waals surface area contributed by atoms with Gasteiger partial charge in [-0.1, -0.05) is 54.6 Å². The van der Waals surface area contributed by atoms with Gasteiger partial charge >= 0.3 is 0 Å². The average Bonchev–Trinajstić information content (AvgIpc) is 3.38. The van der Waals surface area contributed by atoms with E-state index in [1.807, 2.05) is 30.3 Å². The second kappa shape index (κ2) is 8.73. The Bertz CT molecular complexity index is 1480. The number of thiazole rings is 1. The van der Waals surface area contributed by atoms with Crippen molar-refractivity contribution in [1.82, 2.24) is 4.98 Å². The number of hydrogen-bond donors (Lipinski definition) is 3. The van der Waals surface area contributed by atoms with E-state index >= 15 is 0 Å². The van der Waals surface area contributed by atoms with Gasteiger partial charge in [-0.2, -0.15) is 0 Å². The Labute approximate surface area is 204 Å². The van der Waals surface area contributed by atoms with Crippen LogP contribution in [0.4, 0.5) is 5.69 Å². The van der Waals surface area contributed by atoms with Gasteiger partial charge in [0, 0.05) is 5.56 Å². The van der Waals surface area contributed by atoms with Gasteiger partial charge < -0.3 is 15.3 Å². The number of nitrogens with zero attached hydrogens (tertiary/aromatic N) is 2. The summed E-state index contributed by atoms with van der Waals surface area (Å²) in [4.78, 5) is 33.1. The van der Waals surface area contributed by atoms with Gasteiger partial charge in [-0.15, -0.1) is 11.3 Å². The highest BCUT2D eigenvalue weighted by atomic mass is 32.1. The highest BCUT2D eigenvalue weighted by Gasteiger charge is 2.46. The van der Waals surface area contributed by atoms with Crippen LogP contribution in [0.5, 0.6) is 11.5 Å². The molecule has 0 saturated heterocycles. The quantitative estimate of drug-likeness (QED) is 0.331. The van der Waals surface area contributed by atoms with E-state index in [0.29, 0.717) is 21.1 Å². The molecule has 174 valence electrons. The average molecular weight is 485 g/mol. The van der Waals surface area contributed by atoms with Gasteiger partial charge in [0.1, 0.15) is 16.5 Å². The zero-order valence-electron chi connectivity index (χ0n) is 18.5. The number of phenols is 2. The lowest BCUT2D eigenvalue weighted by Gasteiger charge is -2.27. The van der Waals surface area contributed by atoms with Gasteiger partial charge in [-0.05, 0) is 36.8 Å². The minimum Gasteiger partial charge on any atom is -0.508 e. The minimum absolute atomic E-state index is 0.0130. The summed E-state index contributed by atoms with van der Waals surface area (Å²) in [7, 11) is 0. The first kappa shape index (κ1) is 22.4. The maximum Gasteiger partial charge on any atom is 0.294 e. The SMILES string of the molecule is Cc1nc(-c2ccccc2)sc1C(=O)C1=C(O)C(=O)N(c2ccccc2O)C1c1ccc(O)cc1. The first-order valence-corrected chi connectivity index (χ1v) is 11.6. The van der Waals surface area contributed by atoms with Crippen LogP contribution in [0.2, 0.25) is 0 Å². The molecule has 8 heteroatoms. The number of benzene rings is 3. The van der Waals surface area contributed by atoms with Crippen LogP contribution in [-0.2, 0) is 4.79 Å². The number of aromatic hydroxyl groups is 2. The lowest BCUT2D eigenvalue weighted by atomic mass is 9.94. The van der Waals surface area contributed by atoms with Gasteiger partial charge in [-0.25, -0.2) is 4.98 Å². The van der Waals surface area contributed by atoms with Crippen molar-refractivity contribution in [2.45, 2.75) is 13.0 Å². The molecule has 7 nitrogen and oxygen atoms in total. The van der Waals surface area contributed by atoms with Crippen molar-refractivity contribution in [2.24, 2.45) is 0 Å². The van der Waals surface area contributed by atoms with Crippen molar-refractivity contribution < 1.29 is 24.9 Å². The number of aromatic nitrogens is 1. The van der Waals surface area contributed by atoms with Crippen LogP contribution in [-0.4, -0.2) is 32.0 Å². The predicted octanol–water partition coefficient (Wildman–Crippen LogP) is 5.31. The molecule has 3 aromatic carbocycles. The Morgan fingerprint density at radius 1 is 0.914 bits per heavy atom. The molecule has 2 heterocycles. The molecule has 1 amide bonds. The molecule has 0 aliphatic carbocycles. The fourth-order valence-electron chi connectivity index (χ4n) is 4.16. The number of anilines is 1. The Hall–Kier alpha value is -4.43. The standard InChI is InChI=1S/C27H20N2O5S/c1-15-25(35-26(28-15)17-7-3-2-4-8-17)23(32)21-22(16-11-13-18(30)14-12-16)29(27(34)24(21)33)19-9-5-6-10-20(19)31/h2-14,22,30-31,33H,1H3. The molecular formula is C27H20N2O5S. The number of carbonyl (C=O) groups excluding carboxylic acids is 2. The summed E-state index contributed by atoms with van der Waals surface area (Å²) >= 11 is 1.19. The van der Waals surface area contributed by atoms with Crippen molar-refractivity contribution in [2.75, 3.05) is 4.90 Å². The van der Waals surface area contributed by atoms with Gasteiger partial charge in [0.15, 0.2) is 5.76 Å². The third-order valence-electron chi connectivity index (χ3n) is 5.83. The Balaban J connectivity index is 1.65. The first-order chi connectivity index (χ1) is 16.9. The number of aliphatic hydroxyl groups is 1. The fourth-order valence-corrected chi connectivity index (χ4v) is 5.19. The van der Waals surface area contributed by atoms with E-state index in [0.717, 1.165) is 5.56 Å². The van der Waals surface area contributed by atoms with Crippen LogP contribution in [0.3, 0.4) is 0 Å². The molecular weight excluding hydrogens is 464 g/mol. The van der Waals surface area contributed by atoms with Crippen LogP contribution in [0.25, 0.3) is 10.6 Å². The molecule has 0 radical (unpaired) electrons. The number of ketones is 1. The van der Waals surface area contributed by atoms with Crippen LogP contribution in [0.15, 0.2) is 90.2 Å². The van der Waals surface area contributed by atoms with Gasteiger partial charge in [0.05, 0.1) is 27.9 Å². The highest BCUT2D eigenvalue weighted by molar-refractivity contribution is 7.17. The van der Waals surface area contributed by atoms with Crippen molar-refractivity contribution in [3.8, 4) is 22.1 Å². The number of aryl methyl sites for hydroxylation is 1. The van der Waals surface area contributed by atoms with Crippen molar-refractivity contribution in [3.63, 3.8) is 0 Å². The Kier molecular flexibility index (Phi) is 5.58. The van der Waals surface area contributed by atoms with Crippen LogP contribution < -0.4 is 4.90 Å². The number of phenolic OH excluding ortho intramolecular Hbond substituents is 2. The van der Waals surface area contributed by atoms with Crippen LogP contribution in [0.1, 0.15) is 27.0 Å². The van der Waals surface area contributed by atoms with Gasteiger partial charge in [-0.3, -0.25) is 14.5 Å². The number of Topliss-reactive ketones (excluding diaryl/α,β-unsaturated/α-hetero) is 1. The third kappa shape index (κ3) is 3.83. The molecule has 0 bridgehead atoms. The van der Waals surface area contributed by atoms with Crippen LogP contribution >= 0.6 is 11.3 Å². The van der Waals surface area contributed by atoms with Crippen molar-refractivity contribution in [3.05, 3.63) is 106 Å². The minimum atomic E-state index is -1.02. The monoisotopic (exact) mass is 484 g/mol. The number of amides is 1. The van der Waals surface area contributed by atoms with Gasteiger partial charge in [0.2, 0.25) is 5.78 Å². The highest BCUT2D eigenvalue weighted by Crippen LogP contribution is 2.45. The molecule has 0 saturated carbocycles. The maximum absolute atomic E-state index is 13.8. The zero-order chi connectivity index (χ0) is 24.7. The van der Waals surface area contributed by atoms with E-state index in [9.17, 15) is 24.9 Å². The molecule has 1 aliphatic heterocycles. The van der Waals surface area contributed by atoms with E-state index in [1.165, 1.54) is 40.5 Å². The second-order valence-electron chi connectivity index (χ2n) is 8.05. The molecule has 0 fully saturated rings. The maximum atomic E-state index is 13.8. The summed E-state index contributed by atoms with van der Waals surface area (Å²) in [6.07, 6.45) is 0. The number of carbonyl (C=O) groups is 2. The smallest absolute Gasteiger partial charge is 0.294 e. The van der Waals surface area contributed by atoms with E-state index < -0.39 is 23.5 Å². The number of aliphatic hydroxyl groups excluding tert-OH is 1. The topological polar surface area (TPSA) is 111 Å². The molecule has 1 aliphatic rings. The summed E-state index contributed by atoms with van der Waals surface area (Å²) < 4.78 is 0. The molecule has 0 spiro atoms. The Morgan fingerprint density at radius 2 is 1.57 bits per heavy atom. The fraction of sp³-hybridized carbons (Fsp3) is 0.0741.